The number of para-hydroxylation sites is 1. The van der Waals surface area contributed by atoms with E-state index in [1.165, 1.54) is 7.11 Å². The van der Waals surface area contributed by atoms with Crippen molar-refractivity contribution < 1.29 is 14.3 Å². The van der Waals surface area contributed by atoms with Gasteiger partial charge in [0.05, 0.1) is 31.0 Å². The monoisotopic (exact) mass is 391 g/mol. The molecule has 0 saturated heterocycles. The number of nitrogens with zero attached hydrogens (tertiary/aromatic N) is 2. The molecule has 0 aliphatic carbocycles. The Morgan fingerprint density at radius 2 is 1.72 bits per heavy atom. The molecular weight excluding hydrogens is 366 g/mol. The van der Waals surface area contributed by atoms with Crippen LogP contribution in [0.4, 0.5) is 0 Å². The summed E-state index contributed by atoms with van der Waals surface area (Å²) in [6, 6.07) is 18.8. The smallest absolute Gasteiger partial charge is 0.310 e. The van der Waals surface area contributed by atoms with Crippen LogP contribution in [-0.2, 0) is 20.7 Å². The molecule has 3 rings (SSSR count). The predicted molar refractivity (Wildman–Crippen MR) is 110 cm³/mol. The van der Waals surface area contributed by atoms with Crippen molar-refractivity contribution in [2.75, 3.05) is 7.11 Å². The third-order valence-corrected chi connectivity index (χ3v) is 4.85. The van der Waals surface area contributed by atoms with Crippen molar-refractivity contribution in [2.24, 2.45) is 5.92 Å². The molecule has 0 unspecified atom stereocenters. The number of nitrogens with one attached hydrogen (secondary N) is 1. The van der Waals surface area contributed by atoms with E-state index in [4.69, 9.17) is 4.74 Å². The van der Waals surface area contributed by atoms with Gasteiger partial charge in [0, 0.05) is 12.6 Å². The molecular formula is C23H25N3O3. The highest BCUT2D eigenvalue weighted by Crippen LogP contribution is 2.23. The van der Waals surface area contributed by atoms with Crippen molar-refractivity contribution in [3.05, 3.63) is 84.2 Å². The van der Waals surface area contributed by atoms with E-state index in [1.807, 2.05) is 66.9 Å². The summed E-state index contributed by atoms with van der Waals surface area (Å²) < 4.78 is 6.66. The number of rotatable bonds is 8. The zero-order valence-corrected chi connectivity index (χ0v) is 16.6. The molecule has 0 radical (unpaired) electrons. The molecule has 1 amide bonds. The number of esters is 1. The van der Waals surface area contributed by atoms with Crippen LogP contribution in [-0.4, -0.2) is 28.8 Å². The highest BCUT2D eigenvalue weighted by Gasteiger charge is 2.27. The van der Waals surface area contributed by atoms with Crippen LogP contribution in [0.2, 0.25) is 0 Å². The first kappa shape index (κ1) is 20.3. The standard InChI is InChI=1S/C23H25N3O3/c1-17(23(28)29-2)22(19-9-5-3-6-10-19)25-21(27)14-13-18-15-24-26(16-18)20-11-7-4-8-12-20/h3-12,15-17,22H,13-14H2,1-2H3,(H,25,27)/t17-,22+/m0/s1. The second-order valence-corrected chi connectivity index (χ2v) is 6.90. The van der Waals surface area contributed by atoms with Gasteiger partial charge in [-0.1, -0.05) is 48.5 Å². The van der Waals surface area contributed by atoms with Crippen LogP contribution in [0.15, 0.2) is 73.1 Å². The van der Waals surface area contributed by atoms with Gasteiger partial charge in [0.1, 0.15) is 0 Å². The van der Waals surface area contributed by atoms with E-state index in [2.05, 4.69) is 10.4 Å². The molecule has 0 spiro atoms. The van der Waals surface area contributed by atoms with E-state index in [-0.39, 0.29) is 11.9 Å². The van der Waals surface area contributed by atoms with Gasteiger partial charge in [0.2, 0.25) is 5.91 Å². The predicted octanol–water partition coefficient (Wildman–Crippen LogP) is 3.47. The van der Waals surface area contributed by atoms with E-state index in [1.54, 1.807) is 17.8 Å². The summed E-state index contributed by atoms with van der Waals surface area (Å²) >= 11 is 0. The van der Waals surface area contributed by atoms with Gasteiger partial charge in [0.15, 0.2) is 0 Å². The van der Waals surface area contributed by atoms with Crippen LogP contribution < -0.4 is 5.32 Å². The van der Waals surface area contributed by atoms with Crippen LogP contribution in [0.5, 0.6) is 0 Å². The normalized spacial score (nSPS) is 12.8. The molecule has 150 valence electrons. The van der Waals surface area contributed by atoms with Crippen LogP contribution in [0.25, 0.3) is 5.69 Å². The summed E-state index contributed by atoms with van der Waals surface area (Å²) in [7, 11) is 1.35. The minimum absolute atomic E-state index is 0.123. The fraction of sp³-hybridized carbons (Fsp3) is 0.261. The fourth-order valence-corrected chi connectivity index (χ4v) is 3.19. The summed E-state index contributed by atoms with van der Waals surface area (Å²) in [6.45, 7) is 1.76. The number of carbonyl (C=O) groups excluding carboxylic acids is 2. The minimum Gasteiger partial charge on any atom is -0.469 e. The Morgan fingerprint density at radius 1 is 1.07 bits per heavy atom. The number of aryl methyl sites for hydroxylation is 1. The maximum Gasteiger partial charge on any atom is 0.310 e. The molecule has 1 heterocycles. The lowest BCUT2D eigenvalue weighted by Crippen LogP contribution is -2.36. The molecule has 0 fully saturated rings. The first-order valence-electron chi connectivity index (χ1n) is 9.59. The number of methoxy groups -OCH3 is 1. The second kappa shape index (κ2) is 9.68. The van der Waals surface area contributed by atoms with Gasteiger partial charge in [-0.25, -0.2) is 4.68 Å². The topological polar surface area (TPSA) is 73.2 Å². The molecule has 6 heteroatoms. The van der Waals surface area contributed by atoms with E-state index < -0.39 is 12.0 Å². The van der Waals surface area contributed by atoms with E-state index in [0.717, 1.165) is 16.8 Å². The number of amides is 1. The molecule has 0 aliphatic rings. The van der Waals surface area contributed by atoms with Crippen molar-refractivity contribution in [3.63, 3.8) is 0 Å². The average Bonchev–Trinajstić information content (AvgIpc) is 3.25. The maximum atomic E-state index is 12.6. The summed E-state index contributed by atoms with van der Waals surface area (Å²) in [6.07, 6.45) is 4.56. The van der Waals surface area contributed by atoms with Crippen molar-refractivity contribution >= 4 is 11.9 Å². The third-order valence-electron chi connectivity index (χ3n) is 4.85. The number of hydrogen-bond acceptors (Lipinski definition) is 4. The lowest BCUT2D eigenvalue weighted by molar-refractivity contribution is -0.146. The van der Waals surface area contributed by atoms with Crippen LogP contribution in [0.3, 0.4) is 0 Å². The number of aromatic nitrogens is 2. The number of hydrogen-bond donors (Lipinski definition) is 1. The molecule has 3 aromatic rings. The van der Waals surface area contributed by atoms with Crippen LogP contribution in [0, 0.1) is 5.92 Å². The third kappa shape index (κ3) is 5.31. The fourth-order valence-electron chi connectivity index (χ4n) is 3.19. The molecule has 29 heavy (non-hydrogen) atoms. The van der Waals surface area contributed by atoms with E-state index in [9.17, 15) is 9.59 Å². The Hall–Kier alpha value is -3.41. The van der Waals surface area contributed by atoms with Gasteiger partial charge in [-0.3, -0.25) is 9.59 Å². The van der Waals surface area contributed by atoms with Crippen molar-refractivity contribution in [2.45, 2.75) is 25.8 Å². The summed E-state index contributed by atoms with van der Waals surface area (Å²) in [5, 5.41) is 7.35. The quantitative estimate of drug-likeness (QED) is 0.597. The SMILES string of the molecule is COC(=O)[C@@H](C)[C@@H](NC(=O)CCc1cnn(-c2ccccc2)c1)c1ccccc1. The zero-order chi connectivity index (χ0) is 20.6. The van der Waals surface area contributed by atoms with E-state index in [0.29, 0.717) is 12.8 Å². The Balaban J connectivity index is 1.63. The van der Waals surface area contributed by atoms with Crippen molar-refractivity contribution in [3.8, 4) is 5.69 Å². The van der Waals surface area contributed by atoms with Crippen molar-refractivity contribution in [1.82, 2.24) is 15.1 Å². The molecule has 0 saturated carbocycles. The largest absolute Gasteiger partial charge is 0.469 e. The van der Waals surface area contributed by atoms with Crippen molar-refractivity contribution in [1.29, 1.82) is 0 Å². The van der Waals surface area contributed by atoms with Gasteiger partial charge >= 0.3 is 5.97 Å². The van der Waals surface area contributed by atoms with E-state index >= 15 is 0 Å². The first-order valence-corrected chi connectivity index (χ1v) is 9.59. The Bertz CT molecular complexity index is 938. The first-order chi connectivity index (χ1) is 14.1. The zero-order valence-electron chi connectivity index (χ0n) is 16.6. The number of benzene rings is 2. The maximum absolute atomic E-state index is 12.6. The Kier molecular flexibility index (Phi) is 6.79. The van der Waals surface area contributed by atoms with Crippen LogP contribution in [0.1, 0.15) is 30.5 Å². The Labute approximate surface area is 170 Å². The van der Waals surface area contributed by atoms with Gasteiger partial charge < -0.3 is 10.1 Å². The van der Waals surface area contributed by atoms with Gasteiger partial charge in [-0.15, -0.1) is 0 Å². The molecule has 0 bridgehead atoms. The van der Waals surface area contributed by atoms with Gasteiger partial charge in [-0.2, -0.15) is 5.10 Å². The lowest BCUT2D eigenvalue weighted by atomic mass is 9.94. The van der Waals surface area contributed by atoms with Crippen LogP contribution >= 0.6 is 0 Å². The number of ether oxygens (including phenoxy) is 1. The highest BCUT2D eigenvalue weighted by molar-refractivity contribution is 5.79. The minimum atomic E-state index is -0.493. The summed E-state index contributed by atoms with van der Waals surface area (Å²) in [5.41, 5.74) is 2.82. The average molecular weight is 391 g/mol. The highest BCUT2D eigenvalue weighted by atomic mass is 16.5. The van der Waals surface area contributed by atoms with Gasteiger partial charge in [0.25, 0.3) is 0 Å². The number of carbonyl (C=O) groups is 2. The molecule has 2 atom stereocenters. The molecule has 1 aromatic heterocycles. The molecule has 2 aromatic carbocycles. The summed E-state index contributed by atoms with van der Waals surface area (Å²) in [4.78, 5) is 24.6. The molecule has 1 N–H and O–H groups in total. The lowest BCUT2D eigenvalue weighted by Gasteiger charge is -2.24. The van der Waals surface area contributed by atoms with Gasteiger partial charge in [-0.05, 0) is 36.6 Å². The second-order valence-electron chi connectivity index (χ2n) is 6.90. The molecule has 6 nitrogen and oxygen atoms in total. The molecule has 0 aliphatic heterocycles. The summed E-state index contributed by atoms with van der Waals surface area (Å²) in [5.74, 6) is -0.975. The Morgan fingerprint density at radius 3 is 2.38 bits per heavy atom.